The Hall–Kier alpha value is 1.12. The lowest BCUT2D eigenvalue weighted by atomic mass is 10.8. The highest BCUT2D eigenvalue weighted by Gasteiger charge is 2.01. The van der Waals surface area contributed by atoms with Crippen LogP contribution in [0.5, 0.6) is 0 Å². The molecule has 0 unspecified atom stereocenters. The predicted molar refractivity (Wildman–Crippen MR) is 36.9 cm³/mol. The molecular weight excluding hydrogens is 194 g/mol. The van der Waals surface area contributed by atoms with E-state index in [1.165, 1.54) is 0 Å². The monoisotopic (exact) mass is 196 g/mol. The molecule has 0 saturated carbocycles. The van der Waals surface area contributed by atoms with E-state index in [1.54, 1.807) is 0 Å². The van der Waals surface area contributed by atoms with E-state index in [9.17, 15) is 0 Å². The van der Waals surface area contributed by atoms with Crippen molar-refractivity contribution in [1.82, 2.24) is 0 Å². The van der Waals surface area contributed by atoms with Crippen LogP contribution in [0.3, 0.4) is 0 Å². The molecule has 0 bridgehead atoms. The van der Waals surface area contributed by atoms with Crippen LogP contribution in [0.2, 0.25) is 0 Å². The first-order valence-corrected chi connectivity index (χ1v) is 3.55. The van der Waals surface area contributed by atoms with E-state index in [0.29, 0.717) is 0 Å². The van der Waals surface area contributed by atoms with Gasteiger partial charge in [0, 0.05) is 0 Å². The summed E-state index contributed by atoms with van der Waals surface area (Å²) in [7, 11) is 0. The molecule has 0 rings (SSSR count). The third-order valence-electron chi connectivity index (χ3n) is 0.348. The zero-order chi connectivity index (χ0) is 6.57. The van der Waals surface area contributed by atoms with E-state index in [0.717, 1.165) is 0 Å². The number of ether oxygens (including phenoxy) is 1. The summed E-state index contributed by atoms with van der Waals surface area (Å²) in [5.41, 5.74) is 0. The van der Waals surface area contributed by atoms with Gasteiger partial charge in [-0.25, -0.2) is 0 Å². The molecule has 0 aromatic rings. The van der Waals surface area contributed by atoms with Gasteiger partial charge in [-0.1, -0.05) is 23.2 Å². The first kappa shape index (κ1) is 9.12. The summed E-state index contributed by atoms with van der Waals surface area (Å²) in [4.78, 5) is -0.560. The lowest BCUT2D eigenvalue weighted by molar-refractivity contribution is 0.166. The molecule has 50 valence electrons. The number of halogens is 4. The Morgan fingerprint density at radius 3 is 1.75 bits per heavy atom. The molecule has 0 aliphatic heterocycles. The maximum atomic E-state index is 5.24. The highest BCUT2D eigenvalue weighted by atomic mass is 35.5. The van der Waals surface area contributed by atoms with Crippen LogP contribution >= 0.6 is 46.4 Å². The van der Waals surface area contributed by atoms with Crippen LogP contribution in [0.1, 0.15) is 0 Å². The quantitative estimate of drug-likeness (QED) is 0.633. The molecule has 0 saturated heterocycles. The van der Waals surface area contributed by atoms with Crippen molar-refractivity contribution in [2.24, 2.45) is 0 Å². The van der Waals surface area contributed by atoms with Crippen molar-refractivity contribution in [3.63, 3.8) is 0 Å². The largest absolute Gasteiger partial charge is 0.346 e. The van der Waals surface area contributed by atoms with E-state index in [2.05, 4.69) is 4.74 Å². The minimum Gasteiger partial charge on any atom is -0.346 e. The molecule has 0 atom stereocenters. The van der Waals surface area contributed by atoms with Gasteiger partial charge >= 0.3 is 0 Å². The van der Waals surface area contributed by atoms with Crippen molar-refractivity contribution >= 4 is 46.4 Å². The molecule has 0 spiro atoms. The second kappa shape index (κ2) is 4.95. The summed E-state index contributed by atoms with van der Waals surface area (Å²) in [6.45, 7) is 0.154. The Balaban J connectivity index is 2.93. The summed E-state index contributed by atoms with van der Waals surface area (Å²) < 4.78 is 4.57. The fourth-order valence-corrected chi connectivity index (χ4v) is 0.436. The second-order valence-electron chi connectivity index (χ2n) is 0.985. The van der Waals surface area contributed by atoms with Crippen LogP contribution in [0.4, 0.5) is 0 Å². The van der Waals surface area contributed by atoms with Crippen molar-refractivity contribution in [2.75, 3.05) is 6.61 Å². The molecule has 0 heterocycles. The molecular formula is C3H4Cl4O. The Morgan fingerprint density at radius 2 is 1.62 bits per heavy atom. The number of hydrogen-bond donors (Lipinski definition) is 0. The second-order valence-corrected chi connectivity index (χ2v) is 3.28. The van der Waals surface area contributed by atoms with E-state index < -0.39 is 9.86 Å². The number of alkyl halides is 4. The minimum absolute atomic E-state index is 0.154. The first-order chi connectivity index (χ1) is 3.63. The Bertz CT molecular complexity index is 47.2. The number of rotatable bonds is 3. The SMILES string of the molecule is ClC(Cl)COC(Cl)Cl. The van der Waals surface area contributed by atoms with Crippen LogP contribution in [0.15, 0.2) is 0 Å². The van der Waals surface area contributed by atoms with Crippen LogP contribution in [0.25, 0.3) is 0 Å². The van der Waals surface area contributed by atoms with Gasteiger partial charge in [-0.2, -0.15) is 0 Å². The predicted octanol–water partition coefficient (Wildman–Crippen LogP) is 2.57. The summed E-state index contributed by atoms with van der Waals surface area (Å²) in [6, 6.07) is 0. The van der Waals surface area contributed by atoms with E-state index in [-0.39, 0.29) is 6.61 Å². The summed E-state index contributed by atoms with van der Waals surface area (Å²) in [6.07, 6.45) is 0. The van der Waals surface area contributed by atoms with Crippen molar-refractivity contribution in [3.8, 4) is 0 Å². The first-order valence-electron chi connectivity index (χ1n) is 1.81. The molecule has 0 aliphatic carbocycles. The molecule has 0 aliphatic rings. The molecule has 8 heavy (non-hydrogen) atoms. The van der Waals surface area contributed by atoms with Crippen molar-refractivity contribution in [2.45, 2.75) is 9.86 Å². The average Bonchev–Trinajstić information content (AvgIpc) is 1.61. The smallest absolute Gasteiger partial charge is 0.206 e. The van der Waals surface area contributed by atoms with Gasteiger partial charge in [0.15, 0.2) is 0 Å². The van der Waals surface area contributed by atoms with Crippen molar-refractivity contribution in [1.29, 1.82) is 0 Å². The van der Waals surface area contributed by atoms with Gasteiger partial charge in [-0.15, -0.1) is 23.2 Å². The van der Waals surface area contributed by atoms with Gasteiger partial charge < -0.3 is 4.74 Å². The average molecular weight is 198 g/mol. The van der Waals surface area contributed by atoms with Gasteiger partial charge in [0.2, 0.25) is 5.02 Å². The van der Waals surface area contributed by atoms with Crippen LogP contribution in [-0.2, 0) is 4.74 Å². The summed E-state index contributed by atoms with van der Waals surface area (Å²) in [5, 5.41) is -0.838. The van der Waals surface area contributed by atoms with Gasteiger partial charge in [0.1, 0.15) is 4.84 Å². The van der Waals surface area contributed by atoms with Crippen molar-refractivity contribution in [3.05, 3.63) is 0 Å². The van der Waals surface area contributed by atoms with Gasteiger partial charge in [0.25, 0.3) is 0 Å². The van der Waals surface area contributed by atoms with Gasteiger partial charge in [0.05, 0.1) is 6.61 Å². The molecule has 0 N–H and O–H groups in total. The summed E-state index contributed by atoms with van der Waals surface area (Å²) in [5.74, 6) is 0. The maximum absolute atomic E-state index is 5.24. The Morgan fingerprint density at radius 1 is 1.12 bits per heavy atom. The number of hydrogen-bond acceptors (Lipinski definition) is 1. The molecule has 0 aromatic heterocycles. The topological polar surface area (TPSA) is 9.23 Å². The zero-order valence-corrected chi connectivity index (χ0v) is 6.81. The lowest BCUT2D eigenvalue weighted by Crippen LogP contribution is -2.04. The van der Waals surface area contributed by atoms with Gasteiger partial charge in [-0.05, 0) is 0 Å². The van der Waals surface area contributed by atoms with Crippen LogP contribution < -0.4 is 0 Å². The third-order valence-corrected chi connectivity index (χ3v) is 0.852. The molecule has 0 amide bonds. The van der Waals surface area contributed by atoms with Crippen LogP contribution in [-0.4, -0.2) is 16.5 Å². The highest BCUT2D eigenvalue weighted by molar-refractivity contribution is 6.45. The fraction of sp³-hybridized carbons (Fsp3) is 1.00. The van der Waals surface area contributed by atoms with Crippen LogP contribution in [0, 0.1) is 0 Å². The molecule has 0 radical (unpaired) electrons. The minimum atomic E-state index is -0.838. The lowest BCUT2D eigenvalue weighted by Gasteiger charge is -2.02. The molecule has 5 heteroatoms. The Kier molecular flexibility index (Phi) is 5.64. The normalized spacial score (nSPS) is 11.2. The molecule has 1 nitrogen and oxygen atoms in total. The van der Waals surface area contributed by atoms with Crippen molar-refractivity contribution < 1.29 is 4.74 Å². The molecule has 0 aromatic carbocycles. The highest BCUT2D eigenvalue weighted by Crippen LogP contribution is 2.08. The van der Waals surface area contributed by atoms with E-state index >= 15 is 0 Å². The Labute approximate surface area is 67.8 Å². The van der Waals surface area contributed by atoms with Gasteiger partial charge in [-0.3, -0.25) is 0 Å². The zero-order valence-electron chi connectivity index (χ0n) is 3.78. The summed E-state index contributed by atoms with van der Waals surface area (Å²) >= 11 is 20.8. The molecule has 0 fully saturated rings. The third kappa shape index (κ3) is 7.12. The fourth-order valence-electron chi connectivity index (χ4n) is 0.145. The maximum Gasteiger partial charge on any atom is 0.206 e. The van der Waals surface area contributed by atoms with E-state index in [1.807, 2.05) is 0 Å². The van der Waals surface area contributed by atoms with E-state index in [4.69, 9.17) is 46.4 Å². The standard InChI is InChI=1S/C3H4Cl4O/c4-2(5)1-8-3(6)7/h2-3H,1H2.